The minimum Gasteiger partial charge on any atom is -0.453 e. The van der Waals surface area contributed by atoms with Crippen LogP contribution in [0, 0.1) is 0 Å². The Morgan fingerprint density at radius 3 is 2.88 bits per heavy atom. The number of rotatable bonds is 4. The summed E-state index contributed by atoms with van der Waals surface area (Å²) in [6, 6.07) is 4.03. The number of furan rings is 1. The molecule has 0 aliphatic heterocycles. The van der Waals surface area contributed by atoms with Gasteiger partial charge in [-0.2, -0.15) is 0 Å². The van der Waals surface area contributed by atoms with Crippen molar-refractivity contribution in [2.45, 2.75) is 13.0 Å². The molecule has 1 N–H and O–H groups in total. The van der Waals surface area contributed by atoms with Crippen LogP contribution in [-0.2, 0) is 0 Å². The van der Waals surface area contributed by atoms with Gasteiger partial charge in [0.2, 0.25) is 0 Å². The van der Waals surface area contributed by atoms with Crippen LogP contribution < -0.4 is 5.32 Å². The van der Waals surface area contributed by atoms with E-state index in [2.05, 4.69) is 33.6 Å². The lowest BCUT2D eigenvalue weighted by Crippen LogP contribution is -2.21. The molecule has 2 nitrogen and oxygen atoms in total. The van der Waals surface area contributed by atoms with Crippen LogP contribution in [0.4, 0.5) is 0 Å². The Morgan fingerprint density at radius 2 is 2.38 bits per heavy atom. The third kappa shape index (κ3) is 2.35. The standard InChI is InChI=1S/C11H11BrClNOS/c1-2-14-9(7-3-5-15-11(7)13)10-8(12)4-6-16-10/h3-6,9,14H,2H2,1H3. The monoisotopic (exact) mass is 319 g/mol. The van der Waals surface area contributed by atoms with Crippen molar-refractivity contribution in [3.63, 3.8) is 0 Å². The van der Waals surface area contributed by atoms with Gasteiger partial charge in [0.25, 0.3) is 0 Å². The van der Waals surface area contributed by atoms with Crippen molar-refractivity contribution in [2.75, 3.05) is 6.54 Å². The summed E-state index contributed by atoms with van der Waals surface area (Å²) in [6.45, 7) is 2.94. The summed E-state index contributed by atoms with van der Waals surface area (Å²) < 4.78 is 6.24. The molecule has 16 heavy (non-hydrogen) atoms. The molecule has 0 spiro atoms. The molecule has 5 heteroatoms. The van der Waals surface area contributed by atoms with Gasteiger partial charge < -0.3 is 9.73 Å². The average Bonchev–Trinajstić information content (AvgIpc) is 2.84. The first-order valence-electron chi connectivity index (χ1n) is 4.93. The first kappa shape index (κ1) is 12.2. The minimum atomic E-state index is 0.0885. The summed E-state index contributed by atoms with van der Waals surface area (Å²) in [4.78, 5) is 1.21. The van der Waals surface area contributed by atoms with Gasteiger partial charge in [-0.05, 0) is 51.6 Å². The Bertz CT molecular complexity index is 428. The molecular weight excluding hydrogens is 310 g/mol. The highest BCUT2D eigenvalue weighted by atomic mass is 79.9. The number of nitrogens with one attached hydrogen (secondary N) is 1. The second kappa shape index (κ2) is 5.36. The van der Waals surface area contributed by atoms with Crippen LogP contribution in [0.1, 0.15) is 23.4 Å². The van der Waals surface area contributed by atoms with E-state index in [1.54, 1.807) is 17.6 Å². The van der Waals surface area contributed by atoms with Gasteiger partial charge in [0.15, 0.2) is 5.22 Å². The van der Waals surface area contributed by atoms with Crippen molar-refractivity contribution in [3.8, 4) is 0 Å². The van der Waals surface area contributed by atoms with Gasteiger partial charge in [0.1, 0.15) is 0 Å². The van der Waals surface area contributed by atoms with E-state index in [1.165, 1.54) is 4.88 Å². The highest BCUT2D eigenvalue weighted by Gasteiger charge is 2.21. The van der Waals surface area contributed by atoms with Crippen molar-refractivity contribution in [1.82, 2.24) is 5.32 Å². The van der Waals surface area contributed by atoms with E-state index >= 15 is 0 Å². The van der Waals surface area contributed by atoms with E-state index in [0.717, 1.165) is 16.6 Å². The molecule has 0 saturated carbocycles. The van der Waals surface area contributed by atoms with Gasteiger partial charge in [-0.15, -0.1) is 11.3 Å². The number of thiophene rings is 1. The molecule has 0 fully saturated rings. The fourth-order valence-electron chi connectivity index (χ4n) is 1.57. The van der Waals surface area contributed by atoms with Crippen LogP contribution in [0.3, 0.4) is 0 Å². The fraction of sp³-hybridized carbons (Fsp3) is 0.273. The number of hydrogen-bond donors (Lipinski definition) is 1. The third-order valence-corrected chi connectivity index (χ3v) is 4.52. The second-order valence-electron chi connectivity index (χ2n) is 3.27. The van der Waals surface area contributed by atoms with E-state index < -0.39 is 0 Å². The molecule has 1 atom stereocenters. The Balaban J connectivity index is 2.39. The molecule has 0 aliphatic rings. The summed E-state index contributed by atoms with van der Waals surface area (Å²) >= 11 is 11.3. The SMILES string of the molecule is CCNC(c1ccoc1Cl)c1sccc1Br. The Labute approximate surface area is 112 Å². The van der Waals surface area contributed by atoms with E-state index in [4.69, 9.17) is 16.0 Å². The third-order valence-electron chi connectivity index (χ3n) is 2.27. The summed E-state index contributed by atoms with van der Waals surface area (Å²) in [5.74, 6) is 0. The van der Waals surface area contributed by atoms with Gasteiger partial charge in [-0.25, -0.2) is 0 Å². The van der Waals surface area contributed by atoms with Crippen LogP contribution in [0.15, 0.2) is 32.7 Å². The van der Waals surface area contributed by atoms with Gasteiger partial charge in [-0.1, -0.05) is 6.92 Å². The molecular formula is C11H11BrClNOS. The molecule has 1 unspecified atom stereocenters. The normalized spacial score (nSPS) is 12.9. The van der Waals surface area contributed by atoms with E-state index in [9.17, 15) is 0 Å². The fourth-order valence-corrected chi connectivity index (χ4v) is 3.49. The quantitative estimate of drug-likeness (QED) is 0.900. The molecule has 0 aliphatic carbocycles. The smallest absolute Gasteiger partial charge is 0.198 e. The van der Waals surface area contributed by atoms with E-state index in [0.29, 0.717) is 5.22 Å². The highest BCUT2D eigenvalue weighted by Crippen LogP contribution is 2.36. The maximum atomic E-state index is 6.02. The molecule has 0 bridgehead atoms. The summed E-state index contributed by atoms with van der Waals surface area (Å²) in [5, 5.41) is 5.91. The zero-order chi connectivity index (χ0) is 11.5. The number of halogens is 2. The maximum absolute atomic E-state index is 6.02. The van der Waals surface area contributed by atoms with Crippen molar-refractivity contribution in [2.24, 2.45) is 0 Å². The average molecular weight is 321 g/mol. The maximum Gasteiger partial charge on any atom is 0.198 e. The lowest BCUT2D eigenvalue weighted by molar-refractivity contribution is 0.556. The van der Waals surface area contributed by atoms with E-state index in [1.807, 2.05) is 12.1 Å². The molecule has 2 aromatic rings. The van der Waals surface area contributed by atoms with Crippen LogP contribution in [0.2, 0.25) is 5.22 Å². The van der Waals surface area contributed by atoms with Crippen molar-refractivity contribution in [3.05, 3.63) is 43.9 Å². The zero-order valence-electron chi connectivity index (χ0n) is 8.67. The summed E-state index contributed by atoms with van der Waals surface area (Å²) in [7, 11) is 0. The van der Waals surface area contributed by atoms with Crippen molar-refractivity contribution < 1.29 is 4.42 Å². The largest absolute Gasteiger partial charge is 0.453 e. The molecule has 86 valence electrons. The van der Waals surface area contributed by atoms with Gasteiger partial charge in [0.05, 0.1) is 12.3 Å². The molecule has 0 aromatic carbocycles. The van der Waals surface area contributed by atoms with Gasteiger partial charge >= 0.3 is 0 Å². The zero-order valence-corrected chi connectivity index (χ0v) is 11.8. The first-order chi connectivity index (χ1) is 7.74. The minimum absolute atomic E-state index is 0.0885. The van der Waals surface area contributed by atoms with Crippen LogP contribution in [-0.4, -0.2) is 6.54 Å². The van der Waals surface area contributed by atoms with Gasteiger partial charge in [0, 0.05) is 14.9 Å². The summed E-state index contributed by atoms with van der Waals surface area (Å²) in [6.07, 6.45) is 1.61. The first-order valence-corrected chi connectivity index (χ1v) is 6.98. The van der Waals surface area contributed by atoms with Crippen molar-refractivity contribution >= 4 is 38.9 Å². The lowest BCUT2D eigenvalue weighted by atomic mass is 10.1. The number of hydrogen-bond acceptors (Lipinski definition) is 3. The molecule has 2 rings (SSSR count). The summed E-state index contributed by atoms with van der Waals surface area (Å²) in [5.41, 5.74) is 0.978. The molecule has 2 aromatic heterocycles. The Morgan fingerprint density at radius 1 is 1.56 bits per heavy atom. The molecule has 0 radical (unpaired) electrons. The van der Waals surface area contributed by atoms with Crippen LogP contribution in [0.25, 0.3) is 0 Å². The van der Waals surface area contributed by atoms with E-state index in [-0.39, 0.29) is 6.04 Å². The highest BCUT2D eigenvalue weighted by molar-refractivity contribution is 9.10. The van der Waals surface area contributed by atoms with Crippen LogP contribution in [0.5, 0.6) is 0 Å². The molecule has 0 saturated heterocycles. The van der Waals surface area contributed by atoms with Crippen LogP contribution >= 0.6 is 38.9 Å². The Hall–Kier alpha value is -0.290. The topological polar surface area (TPSA) is 25.2 Å². The predicted molar refractivity (Wildman–Crippen MR) is 71.3 cm³/mol. The second-order valence-corrected chi connectivity index (χ2v) is 5.42. The Kier molecular flexibility index (Phi) is 4.08. The predicted octanol–water partition coefficient (Wildman–Crippen LogP) is 4.46. The molecule has 2 heterocycles. The van der Waals surface area contributed by atoms with Gasteiger partial charge in [-0.3, -0.25) is 0 Å². The lowest BCUT2D eigenvalue weighted by Gasteiger charge is -2.15. The van der Waals surface area contributed by atoms with Crippen molar-refractivity contribution in [1.29, 1.82) is 0 Å². The molecule has 0 amide bonds.